The number of fused-ring (bicyclic) bond motifs is 1. The third kappa shape index (κ3) is 17.3. The first kappa shape index (κ1) is 56.8. The van der Waals surface area contributed by atoms with E-state index in [1.165, 1.54) is 4.90 Å². The fraction of sp³-hybridized carbons (Fsp3) is 0.431. The van der Waals surface area contributed by atoms with Crippen LogP contribution in [0.25, 0.3) is 10.9 Å². The van der Waals surface area contributed by atoms with Gasteiger partial charge in [0.25, 0.3) is 0 Å². The Labute approximate surface area is 440 Å². The van der Waals surface area contributed by atoms with Crippen LogP contribution in [-0.4, -0.2) is 112 Å². The minimum Gasteiger partial charge on any atom is -0.444 e. The van der Waals surface area contributed by atoms with E-state index in [1.54, 1.807) is 61.6 Å². The Morgan fingerprint density at radius 2 is 1.15 bits per heavy atom. The number of hydrogen-bond acceptors (Lipinski definition) is 9. The SMILES string of the molecule is C[C@H](c1ccccc1)N1CC(=O)N[C@@H](Cc2ccccc2)C(=O)N[C@H](Cc2c[nH]c3ccccc23)C(=O)N[C@@H](CCCCNC(=O)OC(C)(C)C)C(=O)N[C@@H]([C@@H](C)OC(C)(C)C)C(=O)N[C@@H](Cc2ccccc2)C1=O. The van der Waals surface area contributed by atoms with Gasteiger partial charge in [0.05, 0.1) is 17.7 Å². The normalized spacial score (nSPS) is 20.6. The van der Waals surface area contributed by atoms with E-state index < -0.39 is 102 Å². The number of rotatable bonds is 15. The van der Waals surface area contributed by atoms with Gasteiger partial charge in [-0.05, 0) is 103 Å². The minimum absolute atomic E-state index is 0.00703. The number of carbonyl (C=O) groups excluding carboxylic acids is 7. The van der Waals surface area contributed by atoms with E-state index in [4.69, 9.17) is 9.47 Å². The van der Waals surface area contributed by atoms with Crippen molar-refractivity contribution in [3.05, 3.63) is 144 Å². The van der Waals surface area contributed by atoms with Gasteiger partial charge in [-0.2, -0.15) is 0 Å². The molecule has 4 aromatic carbocycles. The van der Waals surface area contributed by atoms with Gasteiger partial charge in [0.1, 0.15) is 42.4 Å². The highest BCUT2D eigenvalue weighted by Gasteiger charge is 2.39. The molecule has 75 heavy (non-hydrogen) atoms. The molecule has 17 heteroatoms. The molecule has 1 aliphatic rings. The molecule has 400 valence electrons. The van der Waals surface area contributed by atoms with Gasteiger partial charge in [-0.15, -0.1) is 0 Å². The fourth-order valence-corrected chi connectivity index (χ4v) is 9.08. The third-order valence-corrected chi connectivity index (χ3v) is 12.7. The predicted octanol–water partition coefficient (Wildman–Crippen LogP) is 6.12. The molecule has 0 spiro atoms. The number of aromatic amines is 1. The van der Waals surface area contributed by atoms with Gasteiger partial charge in [0, 0.05) is 42.9 Å². The lowest BCUT2D eigenvalue weighted by molar-refractivity contribution is -0.145. The van der Waals surface area contributed by atoms with E-state index in [0.717, 1.165) is 10.9 Å². The van der Waals surface area contributed by atoms with Crippen LogP contribution in [0.3, 0.4) is 0 Å². The third-order valence-electron chi connectivity index (χ3n) is 12.7. The molecule has 7 atom stereocenters. The van der Waals surface area contributed by atoms with Crippen LogP contribution in [0.4, 0.5) is 4.79 Å². The van der Waals surface area contributed by atoms with Crippen molar-refractivity contribution in [1.82, 2.24) is 41.8 Å². The maximum absolute atomic E-state index is 15.4. The molecular weight excluding hydrogens is 953 g/mol. The molecule has 1 saturated heterocycles. The first-order chi connectivity index (χ1) is 35.6. The number of unbranched alkanes of at least 4 members (excludes halogenated alkanes) is 1. The molecule has 7 N–H and O–H groups in total. The van der Waals surface area contributed by atoms with Gasteiger partial charge in [0.15, 0.2) is 0 Å². The van der Waals surface area contributed by atoms with E-state index in [1.807, 2.05) is 115 Å². The van der Waals surface area contributed by atoms with Crippen molar-refractivity contribution in [2.75, 3.05) is 13.1 Å². The zero-order valence-corrected chi connectivity index (χ0v) is 44.4. The summed E-state index contributed by atoms with van der Waals surface area (Å²) in [4.78, 5) is 107. The Morgan fingerprint density at radius 1 is 0.613 bits per heavy atom. The van der Waals surface area contributed by atoms with Crippen molar-refractivity contribution < 1.29 is 43.0 Å². The predicted molar refractivity (Wildman–Crippen MR) is 287 cm³/mol. The van der Waals surface area contributed by atoms with Crippen molar-refractivity contribution in [2.24, 2.45) is 0 Å². The van der Waals surface area contributed by atoms with Gasteiger partial charge in [-0.25, -0.2) is 4.79 Å². The maximum atomic E-state index is 15.4. The van der Waals surface area contributed by atoms with Crippen LogP contribution in [0.15, 0.2) is 121 Å². The van der Waals surface area contributed by atoms with Crippen molar-refractivity contribution >= 4 is 52.4 Å². The molecule has 0 aliphatic carbocycles. The van der Waals surface area contributed by atoms with E-state index in [2.05, 4.69) is 36.9 Å². The lowest BCUT2D eigenvalue weighted by Gasteiger charge is -2.35. The van der Waals surface area contributed by atoms with Crippen LogP contribution in [0, 0.1) is 0 Å². The molecule has 2 heterocycles. The Kier molecular flexibility index (Phi) is 19.8. The summed E-state index contributed by atoms with van der Waals surface area (Å²) in [5, 5.41) is 18.1. The van der Waals surface area contributed by atoms with Gasteiger partial charge in [-0.1, -0.05) is 109 Å². The molecule has 1 fully saturated rings. The molecular formula is C58H74N8O9. The van der Waals surface area contributed by atoms with Gasteiger partial charge < -0.3 is 51.3 Å². The standard InChI is InChI=1S/C58H74N8O9/c1-37(41-26-16-11-17-27-41)66-36-49(67)61-46(32-39-22-12-9-13-23-39)52(69)63-47(34-42-35-60-44-29-19-18-28-43(42)44)53(70)62-45(30-20-21-31-59-56(73)75-58(6,7)8)51(68)65-50(38(2)74-57(3,4)5)54(71)64-48(55(66)72)33-40-24-14-10-15-25-40/h9-19,22-29,35,37-38,45-48,50,60H,20-21,30-34,36H2,1-8H3,(H,59,73)(H,61,67)(H,62,70)(H,63,69)(H,64,71)(H,65,68)/t37-,38-,45+,46+,47-,48+,50+/m1/s1. The number of nitrogens with one attached hydrogen (secondary N) is 7. The molecule has 17 nitrogen and oxygen atoms in total. The van der Waals surface area contributed by atoms with Crippen LogP contribution in [0.5, 0.6) is 0 Å². The number of alkyl carbamates (subject to hydrolysis) is 1. The zero-order chi connectivity index (χ0) is 54.3. The van der Waals surface area contributed by atoms with Crippen LogP contribution in [-0.2, 0) is 57.5 Å². The molecule has 5 aromatic rings. The smallest absolute Gasteiger partial charge is 0.407 e. The van der Waals surface area contributed by atoms with Crippen LogP contribution >= 0.6 is 0 Å². The monoisotopic (exact) mass is 1030 g/mol. The molecule has 6 rings (SSSR count). The largest absolute Gasteiger partial charge is 0.444 e. The summed E-state index contributed by atoms with van der Waals surface area (Å²) in [6.45, 7) is 13.8. The minimum atomic E-state index is -1.42. The van der Waals surface area contributed by atoms with E-state index in [9.17, 15) is 24.0 Å². The molecule has 0 bridgehead atoms. The molecule has 7 amide bonds. The zero-order valence-electron chi connectivity index (χ0n) is 44.4. The van der Waals surface area contributed by atoms with Gasteiger partial charge >= 0.3 is 6.09 Å². The number of benzene rings is 4. The Bertz CT molecular complexity index is 2720. The van der Waals surface area contributed by atoms with Crippen LogP contribution in [0.2, 0.25) is 0 Å². The number of ether oxygens (including phenoxy) is 2. The highest BCUT2D eigenvalue weighted by atomic mass is 16.6. The molecule has 0 saturated carbocycles. The topological polar surface area (TPSA) is 229 Å². The number of hydrogen-bond donors (Lipinski definition) is 7. The summed E-state index contributed by atoms with van der Waals surface area (Å²) in [6, 6.07) is 27.6. The highest BCUT2D eigenvalue weighted by molar-refractivity contribution is 5.98. The summed E-state index contributed by atoms with van der Waals surface area (Å²) in [5.74, 6) is -4.12. The molecule has 0 radical (unpaired) electrons. The number of para-hydroxylation sites is 1. The van der Waals surface area contributed by atoms with E-state index in [0.29, 0.717) is 35.1 Å². The van der Waals surface area contributed by atoms with Gasteiger partial charge in [0.2, 0.25) is 35.4 Å². The van der Waals surface area contributed by atoms with Crippen LogP contribution in [0.1, 0.15) is 103 Å². The highest BCUT2D eigenvalue weighted by Crippen LogP contribution is 2.24. The summed E-state index contributed by atoms with van der Waals surface area (Å²) in [6.07, 6.45) is 0.899. The fourth-order valence-electron chi connectivity index (χ4n) is 9.08. The lowest BCUT2D eigenvalue weighted by atomic mass is 9.99. The summed E-state index contributed by atoms with van der Waals surface area (Å²) >= 11 is 0. The molecule has 1 aliphatic heterocycles. The summed E-state index contributed by atoms with van der Waals surface area (Å²) < 4.78 is 11.7. The van der Waals surface area contributed by atoms with E-state index >= 15 is 9.59 Å². The molecule has 0 unspecified atom stereocenters. The second kappa shape index (κ2) is 26.1. The Morgan fingerprint density at radius 3 is 1.76 bits per heavy atom. The van der Waals surface area contributed by atoms with Crippen molar-refractivity contribution in [3.63, 3.8) is 0 Å². The number of aromatic nitrogens is 1. The average molecular weight is 1030 g/mol. The molecule has 1 aromatic heterocycles. The lowest BCUT2D eigenvalue weighted by Crippen LogP contribution is -2.63. The second-order valence-electron chi connectivity index (χ2n) is 21.1. The quantitative estimate of drug-likeness (QED) is 0.0599. The number of nitrogens with zero attached hydrogens (tertiary/aromatic N) is 1. The van der Waals surface area contributed by atoms with E-state index in [-0.39, 0.29) is 32.2 Å². The Balaban J connectivity index is 1.45. The Hall–Kier alpha value is -7.53. The average Bonchev–Trinajstić information content (AvgIpc) is 3.77. The first-order valence-electron chi connectivity index (χ1n) is 25.8. The number of amides is 7. The van der Waals surface area contributed by atoms with Crippen molar-refractivity contribution in [3.8, 4) is 0 Å². The number of carbonyl (C=O) groups is 7. The summed E-state index contributed by atoms with van der Waals surface area (Å²) in [5.41, 5.74) is 2.12. The number of H-pyrrole nitrogens is 1. The van der Waals surface area contributed by atoms with Crippen molar-refractivity contribution in [1.29, 1.82) is 0 Å². The van der Waals surface area contributed by atoms with Crippen molar-refractivity contribution in [2.45, 2.75) is 147 Å². The summed E-state index contributed by atoms with van der Waals surface area (Å²) in [7, 11) is 0. The van der Waals surface area contributed by atoms with Gasteiger partial charge in [-0.3, -0.25) is 28.8 Å². The second-order valence-corrected chi connectivity index (χ2v) is 21.1. The first-order valence-corrected chi connectivity index (χ1v) is 25.8. The maximum Gasteiger partial charge on any atom is 0.407 e. The van der Waals surface area contributed by atoms with Crippen LogP contribution < -0.4 is 31.9 Å².